The highest BCUT2D eigenvalue weighted by atomic mass is 16.4. The molecule has 30 heavy (non-hydrogen) atoms. The summed E-state index contributed by atoms with van der Waals surface area (Å²) in [4.78, 5) is 50.5. The molecule has 8 N–H and O–H groups in total. The summed E-state index contributed by atoms with van der Waals surface area (Å²) in [6.45, 7) is 1.40. The summed E-state index contributed by atoms with van der Waals surface area (Å²) in [5, 5.41) is 21.1. The number of aliphatic carboxylic acids is 1. The van der Waals surface area contributed by atoms with Crippen molar-refractivity contribution < 1.29 is 24.3 Å². The lowest BCUT2D eigenvalue weighted by Crippen LogP contribution is -2.59. The Balaban J connectivity index is 2.02. The molecular weight excluding hydrogens is 394 g/mol. The number of hydrogen-bond acceptors (Lipinski definition) is 6. The zero-order valence-electron chi connectivity index (χ0n) is 16.3. The molecule has 0 saturated carbocycles. The van der Waals surface area contributed by atoms with E-state index in [0.29, 0.717) is 31.9 Å². The van der Waals surface area contributed by atoms with Crippen LogP contribution in [-0.4, -0.2) is 83.3 Å². The lowest BCUT2D eigenvalue weighted by atomic mass is 10.1. The maximum atomic E-state index is 12.7. The number of nitrogens with one attached hydrogen (secondary N) is 3. The van der Waals surface area contributed by atoms with Crippen LogP contribution in [0.5, 0.6) is 0 Å². The fraction of sp³-hybridized carbons (Fsp3) is 0.389. The molecule has 3 amide bonds. The van der Waals surface area contributed by atoms with Crippen molar-refractivity contribution in [2.45, 2.75) is 12.5 Å². The van der Waals surface area contributed by atoms with Crippen LogP contribution in [0.2, 0.25) is 0 Å². The zero-order valence-corrected chi connectivity index (χ0v) is 16.3. The van der Waals surface area contributed by atoms with Crippen LogP contribution < -0.4 is 22.1 Å². The van der Waals surface area contributed by atoms with Crippen molar-refractivity contribution >= 4 is 35.3 Å². The Kier molecular flexibility index (Phi) is 7.69. The fourth-order valence-corrected chi connectivity index (χ4v) is 3.03. The van der Waals surface area contributed by atoms with Gasteiger partial charge in [-0.1, -0.05) is 6.07 Å². The maximum Gasteiger partial charge on any atom is 0.305 e. The van der Waals surface area contributed by atoms with Crippen molar-refractivity contribution in [3.63, 3.8) is 0 Å². The third kappa shape index (κ3) is 6.17. The molecule has 0 spiro atoms. The molecule has 12 heteroatoms. The van der Waals surface area contributed by atoms with Gasteiger partial charge >= 0.3 is 5.97 Å². The molecule has 1 aliphatic heterocycles. The number of rotatable bonds is 8. The third-order valence-corrected chi connectivity index (χ3v) is 4.55. The Morgan fingerprint density at radius 3 is 2.37 bits per heavy atom. The largest absolute Gasteiger partial charge is 0.481 e. The molecule has 0 bridgehead atoms. The van der Waals surface area contributed by atoms with Crippen molar-refractivity contribution in [1.29, 1.82) is 5.41 Å². The normalized spacial score (nSPS) is 15.1. The van der Waals surface area contributed by atoms with E-state index in [4.69, 9.17) is 22.0 Å². The summed E-state index contributed by atoms with van der Waals surface area (Å²) >= 11 is 0. The zero-order chi connectivity index (χ0) is 22.3. The minimum absolute atomic E-state index is 0.0270. The van der Waals surface area contributed by atoms with Crippen LogP contribution >= 0.6 is 0 Å². The summed E-state index contributed by atoms with van der Waals surface area (Å²) < 4.78 is 0. The Morgan fingerprint density at radius 2 is 1.80 bits per heavy atom. The molecule has 0 aliphatic carbocycles. The van der Waals surface area contributed by atoms with Crippen LogP contribution in [0, 0.1) is 5.41 Å². The van der Waals surface area contributed by atoms with Crippen LogP contribution in [0.3, 0.4) is 0 Å². The summed E-state index contributed by atoms with van der Waals surface area (Å²) in [6, 6.07) is 4.81. The van der Waals surface area contributed by atoms with Gasteiger partial charge in [0, 0.05) is 44.0 Å². The van der Waals surface area contributed by atoms with Gasteiger partial charge in [0.05, 0.1) is 6.42 Å². The second-order valence-electron chi connectivity index (χ2n) is 6.68. The number of benzene rings is 1. The first kappa shape index (κ1) is 22.6. The minimum Gasteiger partial charge on any atom is -0.481 e. The second-order valence-corrected chi connectivity index (χ2v) is 6.68. The van der Waals surface area contributed by atoms with Crippen molar-refractivity contribution in [3.8, 4) is 0 Å². The Labute approximate surface area is 172 Å². The van der Waals surface area contributed by atoms with Crippen molar-refractivity contribution in [2.24, 2.45) is 11.5 Å². The minimum atomic E-state index is -1.22. The van der Waals surface area contributed by atoms with Gasteiger partial charge in [0.25, 0.3) is 11.8 Å². The van der Waals surface area contributed by atoms with E-state index in [1.54, 1.807) is 21.9 Å². The standard InChI is InChI=1S/C18H25N7O5/c19-15(28)14(24-6-8-25(9-7-24)18(20)21)17(30)23-12-3-1-2-11(10-12)16(29)22-5-4-13(26)27/h1-3,10,14H,4-9H2,(H2,19,28)(H3,20,21)(H,22,29)(H,23,30)(H,26,27). The number of carbonyl (C=O) groups excluding carboxylic acids is 3. The molecule has 2 rings (SSSR count). The monoisotopic (exact) mass is 419 g/mol. The number of hydrogen-bond donors (Lipinski definition) is 6. The Hall–Kier alpha value is -3.67. The number of nitrogens with two attached hydrogens (primary N) is 2. The molecule has 1 aliphatic rings. The van der Waals surface area contributed by atoms with E-state index in [-0.39, 0.29) is 24.5 Å². The molecule has 12 nitrogen and oxygen atoms in total. The van der Waals surface area contributed by atoms with Crippen LogP contribution in [0.1, 0.15) is 16.8 Å². The van der Waals surface area contributed by atoms with Gasteiger partial charge in [-0.2, -0.15) is 0 Å². The predicted octanol–water partition coefficient (Wildman–Crippen LogP) is -1.81. The van der Waals surface area contributed by atoms with Crippen LogP contribution in [0.4, 0.5) is 5.69 Å². The first-order valence-corrected chi connectivity index (χ1v) is 9.22. The van der Waals surface area contributed by atoms with E-state index in [1.807, 2.05) is 0 Å². The van der Waals surface area contributed by atoms with E-state index in [0.717, 1.165) is 0 Å². The molecule has 1 aromatic rings. The van der Waals surface area contributed by atoms with Crippen molar-refractivity contribution in [2.75, 3.05) is 38.0 Å². The number of nitrogens with zero attached hydrogens (tertiary/aromatic N) is 2. The molecule has 1 atom stereocenters. The highest BCUT2D eigenvalue weighted by molar-refractivity contribution is 6.10. The summed E-state index contributed by atoms with van der Waals surface area (Å²) in [5.74, 6) is -3.04. The first-order valence-electron chi connectivity index (χ1n) is 9.22. The predicted molar refractivity (Wildman–Crippen MR) is 108 cm³/mol. The van der Waals surface area contributed by atoms with Crippen molar-refractivity contribution in [1.82, 2.24) is 15.1 Å². The topological polar surface area (TPSA) is 195 Å². The highest BCUT2D eigenvalue weighted by Crippen LogP contribution is 2.13. The number of primary amides is 1. The number of guanidine groups is 1. The summed E-state index contributed by atoms with van der Waals surface area (Å²) in [5.41, 5.74) is 11.4. The molecule has 1 heterocycles. The highest BCUT2D eigenvalue weighted by Gasteiger charge is 2.33. The maximum absolute atomic E-state index is 12.7. The van der Waals surface area contributed by atoms with Gasteiger partial charge in [-0.05, 0) is 18.2 Å². The quantitative estimate of drug-likeness (QED) is 0.161. The van der Waals surface area contributed by atoms with Gasteiger partial charge in [-0.3, -0.25) is 29.5 Å². The molecule has 1 fully saturated rings. The van der Waals surface area contributed by atoms with Gasteiger partial charge in [-0.25, -0.2) is 0 Å². The summed E-state index contributed by atoms with van der Waals surface area (Å²) in [6.07, 6.45) is -0.209. The first-order chi connectivity index (χ1) is 14.2. The number of piperazine rings is 1. The molecule has 162 valence electrons. The fourth-order valence-electron chi connectivity index (χ4n) is 3.03. The van der Waals surface area contributed by atoms with Crippen LogP contribution in [0.25, 0.3) is 0 Å². The average molecular weight is 419 g/mol. The second kappa shape index (κ2) is 10.2. The molecular formula is C18H25N7O5. The number of carbonyl (C=O) groups is 4. The van der Waals surface area contributed by atoms with Gasteiger partial charge in [0.15, 0.2) is 12.0 Å². The van der Waals surface area contributed by atoms with Crippen LogP contribution in [-0.2, 0) is 14.4 Å². The number of carboxylic acids is 1. The Bertz CT molecular complexity index is 836. The van der Waals surface area contributed by atoms with E-state index in [2.05, 4.69) is 10.6 Å². The van der Waals surface area contributed by atoms with E-state index >= 15 is 0 Å². The van der Waals surface area contributed by atoms with Gasteiger partial charge in [-0.15, -0.1) is 0 Å². The number of anilines is 1. The molecule has 1 aromatic carbocycles. The molecule has 0 aromatic heterocycles. The van der Waals surface area contributed by atoms with E-state index in [9.17, 15) is 19.2 Å². The lowest BCUT2D eigenvalue weighted by Gasteiger charge is -2.37. The molecule has 0 radical (unpaired) electrons. The Morgan fingerprint density at radius 1 is 1.13 bits per heavy atom. The number of carboxylic acid groups (broad SMARTS) is 1. The van der Waals surface area contributed by atoms with Crippen molar-refractivity contribution in [3.05, 3.63) is 29.8 Å². The SMILES string of the molecule is N=C(N)N1CCN(C(C(N)=O)C(=O)Nc2cccc(C(=O)NCCC(=O)O)c2)CC1. The van der Waals surface area contributed by atoms with Gasteiger partial charge in [0.1, 0.15) is 0 Å². The average Bonchev–Trinajstić information content (AvgIpc) is 2.68. The van der Waals surface area contributed by atoms with Gasteiger partial charge < -0.3 is 32.1 Å². The van der Waals surface area contributed by atoms with Gasteiger partial charge in [0.2, 0.25) is 5.91 Å². The lowest BCUT2D eigenvalue weighted by molar-refractivity contribution is -0.137. The van der Waals surface area contributed by atoms with E-state index < -0.39 is 29.7 Å². The van der Waals surface area contributed by atoms with E-state index in [1.165, 1.54) is 12.1 Å². The molecule has 1 unspecified atom stereocenters. The summed E-state index contributed by atoms with van der Waals surface area (Å²) in [7, 11) is 0. The van der Waals surface area contributed by atoms with Crippen LogP contribution in [0.15, 0.2) is 24.3 Å². The smallest absolute Gasteiger partial charge is 0.305 e. The third-order valence-electron chi connectivity index (χ3n) is 4.55. The molecule has 1 saturated heterocycles. The number of amides is 3.